The minimum absolute atomic E-state index is 0.0275. The Morgan fingerprint density at radius 2 is 1.59 bits per heavy atom. The lowest BCUT2D eigenvalue weighted by Crippen LogP contribution is -2.57. The van der Waals surface area contributed by atoms with E-state index in [1.54, 1.807) is 13.8 Å². The van der Waals surface area contributed by atoms with Gasteiger partial charge in [0, 0.05) is 25.7 Å². The molecule has 2 aromatic rings. The van der Waals surface area contributed by atoms with E-state index in [2.05, 4.69) is 22.8 Å². The fraction of sp³-hybridized carbons (Fsp3) is 0.423. The zero-order valence-electron chi connectivity index (χ0n) is 19.4. The minimum Gasteiger partial charge on any atom is -0.481 e. The van der Waals surface area contributed by atoms with Crippen LogP contribution in [-0.2, 0) is 19.1 Å². The molecule has 34 heavy (non-hydrogen) atoms. The summed E-state index contributed by atoms with van der Waals surface area (Å²) in [6.45, 7) is 3.90. The molecule has 1 aliphatic heterocycles. The number of hydrogen-bond acceptors (Lipinski definition) is 5. The van der Waals surface area contributed by atoms with E-state index in [1.165, 1.54) is 0 Å². The molecule has 0 radical (unpaired) electrons. The Morgan fingerprint density at radius 3 is 2.15 bits per heavy atom. The van der Waals surface area contributed by atoms with E-state index in [-0.39, 0.29) is 19.1 Å². The first-order valence-corrected chi connectivity index (χ1v) is 11.5. The van der Waals surface area contributed by atoms with Crippen LogP contribution in [0.4, 0.5) is 4.79 Å². The second-order valence-electron chi connectivity index (χ2n) is 9.46. The number of fused-ring (bicyclic) bond motifs is 3. The quantitative estimate of drug-likeness (QED) is 0.577. The smallest absolute Gasteiger partial charge is 0.408 e. The highest BCUT2D eigenvalue weighted by molar-refractivity contribution is 5.89. The first-order chi connectivity index (χ1) is 16.2. The fourth-order valence-electron chi connectivity index (χ4n) is 4.65. The number of rotatable bonds is 7. The molecule has 0 atom stereocenters. The van der Waals surface area contributed by atoms with Gasteiger partial charge in [0.2, 0.25) is 5.91 Å². The molecule has 1 fully saturated rings. The summed E-state index contributed by atoms with van der Waals surface area (Å²) in [5, 5.41) is 15.0. The maximum Gasteiger partial charge on any atom is 0.408 e. The van der Waals surface area contributed by atoms with Crippen LogP contribution in [0.25, 0.3) is 11.1 Å². The van der Waals surface area contributed by atoms with Gasteiger partial charge < -0.3 is 25.2 Å². The highest BCUT2D eigenvalue weighted by atomic mass is 16.5. The van der Waals surface area contributed by atoms with Gasteiger partial charge in [0.05, 0.1) is 5.41 Å². The standard InChI is InChI=1S/C26H30N2O6/c1-25(2,22(29)27-16-26(23(30)31)11-13-33-14-12-26)28-24(32)34-15-21-19-9-5-3-7-17(19)18-8-4-6-10-20(18)21/h3-10,21H,11-16H2,1-2H3,(H,27,29)(H,28,32)(H,30,31). The summed E-state index contributed by atoms with van der Waals surface area (Å²) in [4.78, 5) is 37.2. The molecule has 8 heteroatoms. The fourth-order valence-corrected chi connectivity index (χ4v) is 4.65. The van der Waals surface area contributed by atoms with Crippen LogP contribution in [0, 0.1) is 5.41 Å². The van der Waals surface area contributed by atoms with Crippen molar-refractivity contribution in [2.45, 2.75) is 38.1 Å². The van der Waals surface area contributed by atoms with E-state index in [0.29, 0.717) is 26.1 Å². The van der Waals surface area contributed by atoms with E-state index in [1.807, 2.05) is 36.4 Å². The topological polar surface area (TPSA) is 114 Å². The zero-order chi connectivity index (χ0) is 24.3. The van der Waals surface area contributed by atoms with Gasteiger partial charge in [-0.3, -0.25) is 9.59 Å². The van der Waals surface area contributed by atoms with E-state index < -0.39 is 28.9 Å². The predicted octanol–water partition coefficient (Wildman–Crippen LogP) is 3.30. The first-order valence-electron chi connectivity index (χ1n) is 11.5. The molecule has 0 spiro atoms. The van der Waals surface area contributed by atoms with Crippen LogP contribution in [-0.4, -0.2) is 55.0 Å². The van der Waals surface area contributed by atoms with Crippen LogP contribution >= 0.6 is 0 Å². The monoisotopic (exact) mass is 466 g/mol. The average molecular weight is 467 g/mol. The van der Waals surface area contributed by atoms with Gasteiger partial charge in [-0.05, 0) is 48.9 Å². The summed E-state index contributed by atoms with van der Waals surface area (Å²) in [6, 6.07) is 16.1. The molecule has 0 bridgehead atoms. The molecular weight excluding hydrogens is 436 g/mol. The SMILES string of the molecule is CC(C)(NC(=O)OCC1c2ccccc2-c2ccccc21)C(=O)NCC1(C(=O)O)CCOCC1. The van der Waals surface area contributed by atoms with Crippen molar-refractivity contribution >= 4 is 18.0 Å². The van der Waals surface area contributed by atoms with E-state index in [0.717, 1.165) is 22.3 Å². The second-order valence-corrected chi connectivity index (χ2v) is 9.46. The van der Waals surface area contributed by atoms with Crippen molar-refractivity contribution in [2.24, 2.45) is 5.41 Å². The summed E-state index contributed by atoms with van der Waals surface area (Å²) in [6.07, 6.45) is -0.0628. The normalized spacial score (nSPS) is 16.8. The Labute approximate surface area is 198 Å². The molecular formula is C26H30N2O6. The Bertz CT molecular complexity index is 1040. The molecule has 180 valence electrons. The summed E-state index contributed by atoms with van der Waals surface area (Å²) in [5.41, 5.74) is 2.12. The third-order valence-corrected chi connectivity index (χ3v) is 6.82. The van der Waals surface area contributed by atoms with E-state index >= 15 is 0 Å². The lowest BCUT2D eigenvalue weighted by Gasteiger charge is -2.34. The third kappa shape index (κ3) is 4.63. The van der Waals surface area contributed by atoms with Crippen molar-refractivity contribution in [3.8, 4) is 11.1 Å². The first kappa shape index (κ1) is 23.8. The van der Waals surface area contributed by atoms with Crippen molar-refractivity contribution in [3.63, 3.8) is 0 Å². The van der Waals surface area contributed by atoms with E-state index in [9.17, 15) is 19.5 Å². The van der Waals surface area contributed by atoms with Crippen LogP contribution in [0.2, 0.25) is 0 Å². The van der Waals surface area contributed by atoms with Gasteiger partial charge >= 0.3 is 12.1 Å². The number of carbonyl (C=O) groups excluding carboxylic acids is 2. The van der Waals surface area contributed by atoms with Crippen LogP contribution in [0.5, 0.6) is 0 Å². The third-order valence-electron chi connectivity index (χ3n) is 6.82. The number of amides is 2. The van der Waals surface area contributed by atoms with Gasteiger partial charge in [-0.1, -0.05) is 48.5 Å². The van der Waals surface area contributed by atoms with Crippen molar-refractivity contribution in [3.05, 3.63) is 59.7 Å². The summed E-state index contributed by atoms with van der Waals surface area (Å²) < 4.78 is 10.8. The molecule has 1 saturated heterocycles. The van der Waals surface area contributed by atoms with Crippen molar-refractivity contribution in [1.82, 2.24) is 10.6 Å². The molecule has 0 unspecified atom stereocenters. The largest absolute Gasteiger partial charge is 0.481 e. The molecule has 8 nitrogen and oxygen atoms in total. The number of nitrogens with one attached hydrogen (secondary N) is 2. The Balaban J connectivity index is 1.35. The number of carboxylic acid groups (broad SMARTS) is 1. The van der Waals surface area contributed by atoms with Crippen LogP contribution in [0.1, 0.15) is 43.7 Å². The van der Waals surface area contributed by atoms with Gasteiger partial charge in [0.25, 0.3) is 0 Å². The summed E-state index contributed by atoms with van der Waals surface area (Å²) in [5.74, 6) is -1.52. The number of benzene rings is 2. The molecule has 2 amide bonds. The second kappa shape index (κ2) is 9.46. The van der Waals surface area contributed by atoms with Crippen LogP contribution in [0.15, 0.2) is 48.5 Å². The predicted molar refractivity (Wildman–Crippen MR) is 125 cm³/mol. The highest BCUT2D eigenvalue weighted by Gasteiger charge is 2.42. The van der Waals surface area contributed by atoms with Gasteiger partial charge in [-0.25, -0.2) is 4.79 Å². The number of carbonyl (C=O) groups is 3. The molecule has 1 aliphatic carbocycles. The zero-order valence-corrected chi connectivity index (χ0v) is 19.4. The minimum atomic E-state index is -1.28. The molecule has 4 rings (SSSR count). The maximum absolute atomic E-state index is 12.8. The van der Waals surface area contributed by atoms with E-state index in [4.69, 9.17) is 9.47 Å². The van der Waals surface area contributed by atoms with Gasteiger partial charge in [0.1, 0.15) is 12.1 Å². The van der Waals surface area contributed by atoms with Crippen LogP contribution < -0.4 is 10.6 Å². The highest BCUT2D eigenvalue weighted by Crippen LogP contribution is 2.44. The average Bonchev–Trinajstić information content (AvgIpc) is 3.15. The molecule has 2 aliphatic rings. The number of alkyl carbamates (subject to hydrolysis) is 1. The summed E-state index contributed by atoms with van der Waals surface area (Å²) in [7, 11) is 0. The number of hydrogen-bond donors (Lipinski definition) is 3. The number of aliphatic carboxylic acids is 1. The maximum atomic E-state index is 12.8. The molecule has 1 heterocycles. The molecule has 0 aromatic heterocycles. The molecule has 0 saturated carbocycles. The molecule has 2 aromatic carbocycles. The number of carboxylic acids is 1. The Hall–Kier alpha value is -3.39. The van der Waals surface area contributed by atoms with Crippen molar-refractivity contribution < 1.29 is 29.0 Å². The van der Waals surface area contributed by atoms with Gasteiger partial charge in [0.15, 0.2) is 0 Å². The lowest BCUT2D eigenvalue weighted by atomic mass is 9.80. The van der Waals surface area contributed by atoms with Crippen molar-refractivity contribution in [1.29, 1.82) is 0 Å². The van der Waals surface area contributed by atoms with Crippen molar-refractivity contribution in [2.75, 3.05) is 26.4 Å². The summed E-state index contributed by atoms with van der Waals surface area (Å²) >= 11 is 0. The van der Waals surface area contributed by atoms with Gasteiger partial charge in [-0.15, -0.1) is 0 Å². The lowest BCUT2D eigenvalue weighted by molar-refractivity contribution is -0.155. The van der Waals surface area contributed by atoms with Crippen LogP contribution in [0.3, 0.4) is 0 Å². The number of ether oxygens (including phenoxy) is 2. The molecule has 3 N–H and O–H groups in total. The Morgan fingerprint density at radius 1 is 1.03 bits per heavy atom. The Kier molecular flexibility index (Phi) is 6.61. The van der Waals surface area contributed by atoms with Gasteiger partial charge in [-0.2, -0.15) is 0 Å².